The van der Waals surface area contributed by atoms with Crippen LogP contribution < -0.4 is 14.8 Å². The highest BCUT2D eigenvalue weighted by Gasteiger charge is 2.15. The number of methoxy groups -OCH3 is 1. The second-order valence-electron chi connectivity index (χ2n) is 4.51. The molecule has 5 nitrogen and oxygen atoms in total. The van der Waals surface area contributed by atoms with Crippen molar-refractivity contribution in [3.63, 3.8) is 0 Å². The van der Waals surface area contributed by atoms with Gasteiger partial charge in [-0.15, -0.1) is 0 Å². The summed E-state index contributed by atoms with van der Waals surface area (Å²) in [5, 5.41) is 2.87. The predicted octanol–water partition coefficient (Wildman–Crippen LogP) is 3.18. The maximum Gasteiger partial charge on any atom is 0.252 e. The maximum absolute atomic E-state index is 12.2. The summed E-state index contributed by atoms with van der Waals surface area (Å²) in [7, 11) is 1.55. The van der Waals surface area contributed by atoms with Crippen LogP contribution in [0.3, 0.4) is 0 Å². The van der Waals surface area contributed by atoms with Crippen molar-refractivity contribution in [1.82, 2.24) is 5.32 Å². The van der Waals surface area contributed by atoms with Crippen molar-refractivity contribution in [2.24, 2.45) is 0 Å². The first-order valence-electron chi connectivity index (χ1n) is 6.80. The van der Waals surface area contributed by atoms with Gasteiger partial charge in [-0.3, -0.25) is 4.79 Å². The van der Waals surface area contributed by atoms with Crippen LogP contribution in [0.5, 0.6) is 11.5 Å². The van der Waals surface area contributed by atoms with Gasteiger partial charge in [0.25, 0.3) is 5.91 Å². The average molecular weight is 289 g/mol. The minimum atomic E-state index is -0.204. The van der Waals surface area contributed by atoms with Gasteiger partial charge in [0.05, 0.1) is 26.0 Å². The Morgan fingerprint density at radius 3 is 2.76 bits per heavy atom. The maximum atomic E-state index is 12.2. The lowest BCUT2D eigenvalue weighted by molar-refractivity contribution is 0.0935. The number of rotatable bonds is 6. The second kappa shape index (κ2) is 6.83. The van der Waals surface area contributed by atoms with Crippen LogP contribution in [0.2, 0.25) is 0 Å². The molecule has 5 heteroatoms. The SMILES string of the molecule is CCOc1ccc(C(=O)N[C@H](C)c2ccco2)cc1OC. The van der Waals surface area contributed by atoms with E-state index >= 15 is 0 Å². The van der Waals surface area contributed by atoms with Crippen molar-refractivity contribution in [3.05, 3.63) is 47.9 Å². The standard InChI is InChI=1S/C16H19NO4/c1-4-20-14-8-7-12(10-15(14)19-3)16(18)17-11(2)13-6-5-9-21-13/h5-11H,4H2,1-3H3,(H,17,18)/t11-/m1/s1. The molecule has 0 bridgehead atoms. The fraction of sp³-hybridized carbons (Fsp3) is 0.312. The minimum Gasteiger partial charge on any atom is -0.493 e. The summed E-state index contributed by atoms with van der Waals surface area (Å²) in [4.78, 5) is 12.2. The zero-order valence-electron chi connectivity index (χ0n) is 12.4. The van der Waals surface area contributed by atoms with E-state index in [-0.39, 0.29) is 11.9 Å². The summed E-state index contributed by atoms with van der Waals surface area (Å²) in [6.07, 6.45) is 1.58. The Hall–Kier alpha value is -2.43. The molecular weight excluding hydrogens is 270 g/mol. The van der Waals surface area contributed by atoms with Crippen molar-refractivity contribution in [2.45, 2.75) is 19.9 Å². The third-order valence-corrected chi connectivity index (χ3v) is 3.04. The second-order valence-corrected chi connectivity index (χ2v) is 4.51. The van der Waals surface area contributed by atoms with Crippen molar-refractivity contribution >= 4 is 5.91 Å². The van der Waals surface area contributed by atoms with E-state index in [1.807, 2.05) is 19.9 Å². The highest BCUT2D eigenvalue weighted by molar-refractivity contribution is 5.95. The molecule has 112 valence electrons. The van der Waals surface area contributed by atoms with E-state index in [1.165, 1.54) is 0 Å². The lowest BCUT2D eigenvalue weighted by Gasteiger charge is -2.13. The average Bonchev–Trinajstić information content (AvgIpc) is 3.02. The summed E-state index contributed by atoms with van der Waals surface area (Å²) in [6.45, 7) is 4.30. The molecule has 1 aromatic carbocycles. The summed E-state index contributed by atoms with van der Waals surface area (Å²) < 4.78 is 15.9. The van der Waals surface area contributed by atoms with Crippen molar-refractivity contribution < 1.29 is 18.7 Å². The predicted molar refractivity (Wildman–Crippen MR) is 78.8 cm³/mol. The van der Waals surface area contributed by atoms with Crippen LogP contribution in [0.15, 0.2) is 41.0 Å². The van der Waals surface area contributed by atoms with Crippen LogP contribution in [-0.2, 0) is 0 Å². The summed E-state index contributed by atoms with van der Waals surface area (Å²) in [5.41, 5.74) is 0.508. The molecule has 0 aliphatic carbocycles. The molecule has 2 rings (SSSR count). The summed E-state index contributed by atoms with van der Waals surface area (Å²) >= 11 is 0. The molecular formula is C16H19NO4. The number of furan rings is 1. The van der Waals surface area contributed by atoms with E-state index in [4.69, 9.17) is 13.9 Å². The first kappa shape index (κ1) is 15.0. The molecule has 21 heavy (non-hydrogen) atoms. The van der Waals surface area contributed by atoms with Gasteiger partial charge in [-0.05, 0) is 44.2 Å². The molecule has 0 radical (unpaired) electrons. The molecule has 0 saturated carbocycles. The topological polar surface area (TPSA) is 60.7 Å². The Bertz CT molecular complexity index is 592. The normalized spacial score (nSPS) is 11.8. The monoisotopic (exact) mass is 289 g/mol. The largest absolute Gasteiger partial charge is 0.493 e. The highest BCUT2D eigenvalue weighted by Crippen LogP contribution is 2.28. The number of ether oxygens (including phenoxy) is 2. The third-order valence-electron chi connectivity index (χ3n) is 3.04. The fourth-order valence-electron chi connectivity index (χ4n) is 1.97. The Morgan fingerprint density at radius 1 is 1.33 bits per heavy atom. The number of amides is 1. The smallest absolute Gasteiger partial charge is 0.252 e. The van der Waals surface area contributed by atoms with Crippen molar-refractivity contribution in [2.75, 3.05) is 13.7 Å². The van der Waals surface area contributed by atoms with Crippen LogP contribution in [0, 0.1) is 0 Å². The van der Waals surface area contributed by atoms with Gasteiger partial charge in [0.15, 0.2) is 11.5 Å². The van der Waals surface area contributed by atoms with E-state index in [0.717, 1.165) is 0 Å². The molecule has 0 aliphatic rings. The number of carbonyl (C=O) groups excluding carboxylic acids is 1. The molecule has 0 fully saturated rings. The van der Waals surface area contributed by atoms with Gasteiger partial charge in [-0.1, -0.05) is 0 Å². The summed E-state index contributed by atoms with van der Waals surface area (Å²) in [5.74, 6) is 1.67. The van der Waals surface area contributed by atoms with Gasteiger partial charge in [0.1, 0.15) is 5.76 Å². The summed E-state index contributed by atoms with van der Waals surface area (Å²) in [6, 6.07) is 8.51. The molecule has 0 spiro atoms. The zero-order valence-corrected chi connectivity index (χ0v) is 12.4. The third kappa shape index (κ3) is 3.56. The van der Waals surface area contributed by atoms with Crippen LogP contribution in [0.4, 0.5) is 0 Å². The van der Waals surface area contributed by atoms with Crippen LogP contribution in [0.25, 0.3) is 0 Å². The zero-order chi connectivity index (χ0) is 15.2. The fourth-order valence-corrected chi connectivity index (χ4v) is 1.97. The van der Waals surface area contributed by atoms with Crippen LogP contribution in [-0.4, -0.2) is 19.6 Å². The van der Waals surface area contributed by atoms with E-state index in [0.29, 0.717) is 29.4 Å². The Morgan fingerprint density at radius 2 is 2.14 bits per heavy atom. The van der Waals surface area contributed by atoms with E-state index in [2.05, 4.69) is 5.32 Å². The minimum absolute atomic E-state index is 0.194. The van der Waals surface area contributed by atoms with Crippen molar-refractivity contribution in [1.29, 1.82) is 0 Å². The Labute approximate surface area is 123 Å². The number of carbonyl (C=O) groups is 1. The van der Waals surface area contributed by atoms with Crippen molar-refractivity contribution in [3.8, 4) is 11.5 Å². The molecule has 0 saturated heterocycles. The first-order valence-corrected chi connectivity index (χ1v) is 6.80. The molecule has 0 unspecified atom stereocenters. The molecule has 1 heterocycles. The van der Waals surface area contributed by atoms with Gasteiger partial charge < -0.3 is 19.2 Å². The molecule has 0 aliphatic heterocycles. The van der Waals surface area contributed by atoms with Gasteiger partial charge in [-0.25, -0.2) is 0 Å². The quantitative estimate of drug-likeness (QED) is 0.887. The van der Waals surface area contributed by atoms with Crippen LogP contribution in [0.1, 0.15) is 36.0 Å². The number of hydrogen-bond donors (Lipinski definition) is 1. The molecule has 1 atom stereocenters. The lowest BCUT2D eigenvalue weighted by Crippen LogP contribution is -2.26. The number of nitrogens with one attached hydrogen (secondary N) is 1. The Balaban J connectivity index is 2.12. The lowest BCUT2D eigenvalue weighted by atomic mass is 10.1. The van der Waals surface area contributed by atoms with Crippen LogP contribution >= 0.6 is 0 Å². The van der Waals surface area contributed by atoms with Gasteiger partial charge in [0, 0.05) is 5.56 Å². The molecule has 1 amide bonds. The van der Waals surface area contributed by atoms with E-state index < -0.39 is 0 Å². The highest BCUT2D eigenvalue weighted by atomic mass is 16.5. The number of benzene rings is 1. The molecule has 1 N–H and O–H groups in total. The van der Waals surface area contributed by atoms with Gasteiger partial charge in [0.2, 0.25) is 0 Å². The number of hydrogen-bond acceptors (Lipinski definition) is 4. The Kier molecular flexibility index (Phi) is 4.87. The molecule has 1 aromatic heterocycles. The molecule has 2 aromatic rings. The van der Waals surface area contributed by atoms with E-state index in [9.17, 15) is 4.79 Å². The van der Waals surface area contributed by atoms with Gasteiger partial charge in [-0.2, -0.15) is 0 Å². The van der Waals surface area contributed by atoms with Gasteiger partial charge >= 0.3 is 0 Å². The van der Waals surface area contributed by atoms with E-state index in [1.54, 1.807) is 37.6 Å². The first-order chi connectivity index (χ1) is 10.2.